The Hall–Kier alpha value is -1.57. The predicted molar refractivity (Wildman–Crippen MR) is 73.1 cm³/mol. The number of rotatable bonds is 6. The molecule has 2 rings (SSSR count). The normalized spacial score (nSPS) is 19.9. The fraction of sp³-hybridized carbons (Fsp3) is 0.533. The van der Waals surface area contributed by atoms with E-state index in [1.807, 2.05) is 18.2 Å². The van der Waals surface area contributed by atoms with E-state index in [0.29, 0.717) is 30.1 Å². The maximum Gasteiger partial charge on any atom is 0.137 e. The van der Waals surface area contributed by atoms with E-state index < -0.39 is 0 Å². The molecule has 19 heavy (non-hydrogen) atoms. The van der Waals surface area contributed by atoms with Gasteiger partial charge in [0.25, 0.3) is 0 Å². The van der Waals surface area contributed by atoms with Gasteiger partial charge >= 0.3 is 0 Å². The minimum atomic E-state index is 0.325. The van der Waals surface area contributed by atoms with Crippen LogP contribution in [-0.4, -0.2) is 31.9 Å². The Morgan fingerprint density at radius 1 is 1.53 bits per heavy atom. The number of benzene rings is 1. The van der Waals surface area contributed by atoms with Crippen LogP contribution in [0.4, 0.5) is 0 Å². The Labute approximate surface area is 114 Å². The molecule has 0 spiro atoms. The summed E-state index contributed by atoms with van der Waals surface area (Å²) in [5.41, 5.74) is 0.578. The molecule has 4 heteroatoms. The van der Waals surface area contributed by atoms with Crippen molar-refractivity contribution in [1.82, 2.24) is 5.32 Å². The second-order valence-corrected chi connectivity index (χ2v) is 4.75. The van der Waals surface area contributed by atoms with E-state index in [1.54, 1.807) is 6.07 Å². The maximum atomic E-state index is 8.94. The molecule has 0 unspecified atom stereocenters. The number of ether oxygens (including phenoxy) is 2. The van der Waals surface area contributed by atoms with E-state index in [0.717, 1.165) is 26.0 Å². The lowest BCUT2D eigenvalue weighted by molar-refractivity contribution is 0.0824. The van der Waals surface area contributed by atoms with Crippen molar-refractivity contribution >= 4 is 0 Å². The number of hydrogen-bond acceptors (Lipinski definition) is 4. The summed E-state index contributed by atoms with van der Waals surface area (Å²) < 4.78 is 11.2. The summed E-state index contributed by atoms with van der Waals surface area (Å²) in [6.45, 7) is 4.32. The summed E-state index contributed by atoms with van der Waals surface area (Å²) in [6, 6.07) is 9.76. The zero-order valence-corrected chi connectivity index (χ0v) is 11.3. The quantitative estimate of drug-likeness (QED) is 0.796. The van der Waals surface area contributed by atoms with Gasteiger partial charge in [0.2, 0.25) is 0 Å². The third-order valence-corrected chi connectivity index (χ3v) is 3.36. The van der Waals surface area contributed by atoms with Gasteiger partial charge in [-0.3, -0.25) is 0 Å². The van der Waals surface area contributed by atoms with Gasteiger partial charge in [-0.25, -0.2) is 0 Å². The van der Waals surface area contributed by atoms with Crippen LogP contribution in [0.1, 0.15) is 25.3 Å². The second-order valence-electron chi connectivity index (χ2n) is 4.75. The number of nitrogens with one attached hydrogen (secondary N) is 1. The summed E-state index contributed by atoms with van der Waals surface area (Å²) in [5, 5.41) is 12.3. The standard InChI is InChI=1S/C15H20N2O2/c1-12(14-7-4-9-18-14)17-8-10-19-15-6-3-2-5-13(15)11-16/h2-3,5-6,12,14,17H,4,7-10H2,1H3/t12-,14+/m0/s1. The molecule has 1 fully saturated rings. The minimum Gasteiger partial charge on any atom is -0.491 e. The Balaban J connectivity index is 1.70. The van der Waals surface area contributed by atoms with Gasteiger partial charge in [0, 0.05) is 19.2 Å². The van der Waals surface area contributed by atoms with Crippen molar-refractivity contribution in [2.75, 3.05) is 19.8 Å². The van der Waals surface area contributed by atoms with Gasteiger partial charge in [-0.2, -0.15) is 5.26 Å². The van der Waals surface area contributed by atoms with Crippen LogP contribution in [0.3, 0.4) is 0 Å². The molecule has 0 radical (unpaired) electrons. The molecule has 0 amide bonds. The van der Waals surface area contributed by atoms with Crippen molar-refractivity contribution in [2.24, 2.45) is 0 Å². The molecule has 0 aromatic heterocycles. The average molecular weight is 260 g/mol. The van der Waals surface area contributed by atoms with Gasteiger partial charge < -0.3 is 14.8 Å². The Morgan fingerprint density at radius 2 is 2.37 bits per heavy atom. The Bertz CT molecular complexity index is 436. The molecule has 2 atom stereocenters. The molecule has 0 aliphatic carbocycles. The minimum absolute atomic E-state index is 0.325. The van der Waals surface area contributed by atoms with Crippen LogP contribution >= 0.6 is 0 Å². The smallest absolute Gasteiger partial charge is 0.137 e. The summed E-state index contributed by atoms with van der Waals surface area (Å²) >= 11 is 0. The van der Waals surface area contributed by atoms with E-state index in [-0.39, 0.29) is 0 Å². The molecule has 1 saturated heterocycles. The van der Waals surface area contributed by atoms with Crippen molar-refractivity contribution in [3.63, 3.8) is 0 Å². The monoisotopic (exact) mass is 260 g/mol. The first-order chi connectivity index (χ1) is 9.31. The summed E-state index contributed by atoms with van der Waals surface area (Å²) in [4.78, 5) is 0. The molecule has 4 nitrogen and oxygen atoms in total. The highest BCUT2D eigenvalue weighted by atomic mass is 16.5. The van der Waals surface area contributed by atoms with Crippen LogP contribution in [-0.2, 0) is 4.74 Å². The van der Waals surface area contributed by atoms with Crippen LogP contribution in [0.15, 0.2) is 24.3 Å². The molecule has 1 heterocycles. The van der Waals surface area contributed by atoms with Gasteiger partial charge in [-0.05, 0) is 31.9 Å². The van der Waals surface area contributed by atoms with Crippen LogP contribution in [0, 0.1) is 11.3 Å². The predicted octanol–water partition coefficient (Wildman–Crippen LogP) is 2.09. The molecule has 1 aliphatic rings. The van der Waals surface area contributed by atoms with E-state index in [9.17, 15) is 0 Å². The van der Waals surface area contributed by atoms with E-state index in [2.05, 4.69) is 18.3 Å². The molecule has 1 aromatic rings. The summed E-state index contributed by atoms with van der Waals surface area (Å²) in [6.07, 6.45) is 2.61. The molecule has 1 aromatic carbocycles. The fourth-order valence-electron chi connectivity index (χ4n) is 2.26. The summed E-state index contributed by atoms with van der Waals surface area (Å²) in [5.74, 6) is 0.650. The first-order valence-electron chi connectivity index (χ1n) is 6.78. The van der Waals surface area contributed by atoms with Crippen molar-refractivity contribution in [3.8, 4) is 11.8 Å². The van der Waals surface area contributed by atoms with Crippen molar-refractivity contribution in [3.05, 3.63) is 29.8 Å². The zero-order valence-electron chi connectivity index (χ0n) is 11.3. The molecular formula is C15H20N2O2. The SMILES string of the molecule is C[C@H](NCCOc1ccccc1C#N)[C@H]1CCCO1. The van der Waals surface area contributed by atoms with E-state index in [1.165, 1.54) is 0 Å². The first-order valence-corrected chi connectivity index (χ1v) is 6.78. The average Bonchev–Trinajstić information content (AvgIpc) is 2.98. The highest BCUT2D eigenvalue weighted by Crippen LogP contribution is 2.17. The highest BCUT2D eigenvalue weighted by molar-refractivity contribution is 5.42. The zero-order chi connectivity index (χ0) is 13.5. The molecule has 0 saturated carbocycles. The fourth-order valence-corrected chi connectivity index (χ4v) is 2.26. The van der Waals surface area contributed by atoms with Crippen molar-refractivity contribution in [1.29, 1.82) is 5.26 Å². The van der Waals surface area contributed by atoms with Gasteiger partial charge in [-0.1, -0.05) is 12.1 Å². The lowest BCUT2D eigenvalue weighted by Crippen LogP contribution is -2.39. The molecule has 102 valence electrons. The van der Waals surface area contributed by atoms with Gasteiger partial charge in [0.1, 0.15) is 18.4 Å². The number of nitriles is 1. The molecular weight excluding hydrogens is 240 g/mol. The van der Waals surface area contributed by atoms with Crippen LogP contribution in [0.5, 0.6) is 5.75 Å². The van der Waals surface area contributed by atoms with Crippen LogP contribution < -0.4 is 10.1 Å². The third kappa shape index (κ3) is 3.95. The van der Waals surface area contributed by atoms with Crippen molar-refractivity contribution in [2.45, 2.75) is 31.9 Å². The number of hydrogen-bond donors (Lipinski definition) is 1. The maximum absolute atomic E-state index is 8.94. The van der Waals surface area contributed by atoms with Gasteiger partial charge in [0.15, 0.2) is 0 Å². The molecule has 1 aliphatic heterocycles. The summed E-state index contributed by atoms with van der Waals surface area (Å²) in [7, 11) is 0. The Morgan fingerprint density at radius 3 is 3.11 bits per heavy atom. The lowest BCUT2D eigenvalue weighted by Gasteiger charge is -2.20. The number of para-hydroxylation sites is 1. The molecule has 0 bridgehead atoms. The first kappa shape index (κ1) is 13.9. The largest absolute Gasteiger partial charge is 0.491 e. The van der Waals surface area contributed by atoms with Crippen LogP contribution in [0.2, 0.25) is 0 Å². The van der Waals surface area contributed by atoms with Gasteiger partial charge in [-0.15, -0.1) is 0 Å². The third-order valence-electron chi connectivity index (χ3n) is 3.36. The van der Waals surface area contributed by atoms with Crippen LogP contribution in [0.25, 0.3) is 0 Å². The Kier molecular flexibility index (Phi) is 5.20. The van der Waals surface area contributed by atoms with Gasteiger partial charge in [0.05, 0.1) is 11.7 Å². The van der Waals surface area contributed by atoms with E-state index >= 15 is 0 Å². The van der Waals surface area contributed by atoms with Crippen molar-refractivity contribution < 1.29 is 9.47 Å². The second kappa shape index (κ2) is 7.13. The molecule has 1 N–H and O–H groups in total. The lowest BCUT2D eigenvalue weighted by atomic mass is 10.1. The van der Waals surface area contributed by atoms with E-state index in [4.69, 9.17) is 14.7 Å². The highest BCUT2D eigenvalue weighted by Gasteiger charge is 2.21. The topological polar surface area (TPSA) is 54.3 Å². The number of nitrogens with zero attached hydrogens (tertiary/aromatic N) is 1.